The van der Waals surface area contributed by atoms with Crippen LogP contribution in [-0.4, -0.2) is 136 Å². The average molecular weight is 1080 g/mol. The van der Waals surface area contributed by atoms with Crippen LogP contribution in [0, 0.1) is 0 Å². The molecule has 0 spiro atoms. The number of benzene rings is 4. The van der Waals surface area contributed by atoms with Crippen molar-refractivity contribution < 1.29 is 104 Å². The molecule has 0 radical (unpaired) electrons. The first-order valence-corrected chi connectivity index (χ1v) is 24.1. The van der Waals surface area contributed by atoms with Crippen LogP contribution in [0.3, 0.4) is 0 Å². The van der Waals surface area contributed by atoms with E-state index in [0.29, 0.717) is 16.9 Å². The van der Waals surface area contributed by atoms with Crippen molar-refractivity contribution in [3.63, 3.8) is 0 Å². The predicted molar refractivity (Wildman–Crippen MR) is 259 cm³/mol. The molecule has 4 aromatic rings. The Morgan fingerprint density at radius 1 is 0.675 bits per heavy atom. The average Bonchev–Trinajstić information content (AvgIpc) is 3.41. The van der Waals surface area contributed by atoms with Crippen LogP contribution >= 0.6 is 0 Å². The number of carbonyl (C=O) groups is 6. The van der Waals surface area contributed by atoms with Crippen LogP contribution in [0.2, 0.25) is 0 Å². The largest absolute Gasteiger partial charge is 0.497 e. The van der Waals surface area contributed by atoms with Gasteiger partial charge in [-0.3, -0.25) is 24.0 Å². The van der Waals surface area contributed by atoms with E-state index in [2.05, 4.69) is 0 Å². The topological polar surface area (TPSA) is 234 Å². The van der Waals surface area contributed by atoms with Gasteiger partial charge in [-0.1, -0.05) is 91.0 Å². The van der Waals surface area contributed by atoms with Crippen LogP contribution in [0.1, 0.15) is 50.8 Å². The minimum atomic E-state index is -5.60. The number of carbonyl (C=O) groups excluding carboxylic acids is 6. The molecule has 2 fully saturated rings. The van der Waals surface area contributed by atoms with Gasteiger partial charge in [0.15, 0.2) is 12.2 Å². The Balaban J connectivity index is 1.59. The number of hydrogen-bond donors (Lipinski definition) is 1. The molecule has 0 aromatic heterocycles. The first-order chi connectivity index (χ1) is 36.8. The van der Waals surface area contributed by atoms with Crippen molar-refractivity contribution in [2.75, 3.05) is 27.4 Å². The second-order valence-corrected chi connectivity index (χ2v) is 17.6. The third kappa shape index (κ3) is 16.9. The highest BCUT2D eigenvalue weighted by atomic mass is 19.4. The summed E-state index contributed by atoms with van der Waals surface area (Å²) in [4.78, 5) is 79.0. The monoisotopic (exact) mass is 1080 g/mol. The molecule has 0 unspecified atom stereocenters. The first-order valence-electron chi connectivity index (χ1n) is 24.1. The minimum Gasteiger partial charge on any atom is -0.497 e. The van der Waals surface area contributed by atoms with E-state index < -0.39 is 122 Å². The Hall–Kier alpha value is -7.15. The highest BCUT2D eigenvalue weighted by molar-refractivity contribution is 5.82. The van der Waals surface area contributed by atoms with Gasteiger partial charge in [0.05, 0.1) is 53.1 Å². The van der Waals surface area contributed by atoms with E-state index in [1.165, 1.54) is 7.11 Å². The zero-order valence-corrected chi connectivity index (χ0v) is 42.9. The molecule has 1 N–H and O–H groups in total. The lowest BCUT2D eigenvalue weighted by Crippen LogP contribution is -2.72. The summed E-state index contributed by atoms with van der Waals surface area (Å²) >= 11 is 0. The fraction of sp³-hybridized carbons (Fsp3) is 0.444. The van der Waals surface area contributed by atoms with E-state index in [9.17, 15) is 41.9 Å². The number of rotatable bonds is 24. The summed E-state index contributed by atoms with van der Waals surface area (Å²) in [5, 5.41) is 1.74. The van der Waals surface area contributed by atoms with E-state index in [1.54, 1.807) is 90.2 Å². The number of amides is 1. The van der Waals surface area contributed by atoms with Gasteiger partial charge in [-0.2, -0.15) is 13.2 Å². The third-order valence-electron chi connectivity index (χ3n) is 11.9. The zero-order valence-electron chi connectivity index (χ0n) is 42.9. The molecule has 77 heavy (non-hydrogen) atoms. The number of alkyl halides is 3. The van der Waals surface area contributed by atoms with Crippen LogP contribution in [0.15, 0.2) is 115 Å². The van der Waals surface area contributed by atoms with E-state index in [-0.39, 0.29) is 32.2 Å². The maximum absolute atomic E-state index is 14.9. The van der Waals surface area contributed by atoms with Gasteiger partial charge in [0.1, 0.15) is 54.7 Å². The van der Waals surface area contributed by atoms with Gasteiger partial charge in [0.25, 0.3) is 5.79 Å². The molecule has 2 saturated heterocycles. The predicted octanol–water partition coefficient (Wildman–Crippen LogP) is 5.64. The maximum Gasteiger partial charge on any atom is 0.471 e. The Labute approximate surface area is 441 Å². The number of hydrogen-bond acceptors (Lipinski definition) is 19. The molecule has 0 aliphatic carbocycles. The summed E-state index contributed by atoms with van der Waals surface area (Å²) in [5.74, 6) is -10.7. The van der Waals surface area contributed by atoms with Crippen LogP contribution in [0.5, 0.6) is 11.5 Å². The third-order valence-corrected chi connectivity index (χ3v) is 11.9. The smallest absolute Gasteiger partial charge is 0.471 e. The van der Waals surface area contributed by atoms with Gasteiger partial charge < -0.3 is 66.9 Å². The van der Waals surface area contributed by atoms with E-state index in [4.69, 9.17) is 61.6 Å². The lowest BCUT2D eigenvalue weighted by Gasteiger charge is -2.52. The van der Waals surface area contributed by atoms with Gasteiger partial charge in [0, 0.05) is 27.7 Å². The van der Waals surface area contributed by atoms with Gasteiger partial charge in [0.2, 0.25) is 6.29 Å². The number of esters is 5. The SMILES string of the molecule is COC(=O)[C@@]1(O[C@H]2[C@@H](OCc3ccccc3)[C@@H](COCc3ccccc3)O[C@@H](Oc3ccc(OC)cc3)[C@@H]2OCc2ccccc2)C[C@H](OC(C)=O)[C@@H](NC(=O)C(F)(F)F)[C@H]([C@H](OC(C)=O)[C@@H](COC(C)=O)OC(C)=O)O1. The van der Waals surface area contributed by atoms with E-state index in [1.807, 2.05) is 30.3 Å². The van der Waals surface area contributed by atoms with Gasteiger partial charge >= 0.3 is 41.9 Å². The molecule has 2 aliphatic rings. The second kappa shape index (κ2) is 27.8. The molecule has 2 aliphatic heterocycles. The van der Waals surface area contributed by atoms with Gasteiger partial charge in [-0.05, 0) is 41.0 Å². The highest BCUT2D eigenvalue weighted by Gasteiger charge is 2.63. The van der Waals surface area contributed by atoms with E-state index >= 15 is 0 Å². The summed E-state index contributed by atoms with van der Waals surface area (Å²) in [7, 11) is 2.39. The molecular formula is C54H60F3NO19. The quantitative estimate of drug-likeness (QED) is 0.0661. The Kier molecular flexibility index (Phi) is 21.3. The minimum absolute atomic E-state index is 0.0654. The van der Waals surface area contributed by atoms with Crippen molar-refractivity contribution in [3.8, 4) is 11.5 Å². The molecule has 23 heteroatoms. The zero-order chi connectivity index (χ0) is 55.7. The van der Waals surface area contributed by atoms with E-state index in [0.717, 1.165) is 40.4 Å². The number of halogens is 3. The Morgan fingerprint density at radius 3 is 1.73 bits per heavy atom. The molecular weight excluding hydrogens is 1020 g/mol. The van der Waals surface area contributed by atoms with Crippen LogP contribution < -0.4 is 14.8 Å². The second-order valence-electron chi connectivity index (χ2n) is 17.6. The molecule has 0 saturated carbocycles. The molecule has 0 bridgehead atoms. The lowest BCUT2D eigenvalue weighted by atomic mass is 9.87. The maximum atomic E-state index is 14.9. The summed E-state index contributed by atoms with van der Waals surface area (Å²) in [6.07, 6.45) is -22.6. The van der Waals surface area contributed by atoms with Crippen molar-refractivity contribution >= 4 is 35.8 Å². The highest BCUT2D eigenvalue weighted by Crippen LogP contribution is 2.42. The number of methoxy groups -OCH3 is 2. The number of ether oxygens (including phenoxy) is 13. The van der Waals surface area contributed by atoms with Gasteiger partial charge in [-0.25, -0.2) is 4.79 Å². The molecule has 6 rings (SSSR count). The van der Waals surface area contributed by atoms with Crippen molar-refractivity contribution in [1.82, 2.24) is 5.32 Å². The summed E-state index contributed by atoms with van der Waals surface area (Å²) in [5.41, 5.74) is 2.07. The molecule has 20 nitrogen and oxygen atoms in total. The standard InChI is InChI=1S/C54H60F3NO19/c1-32(59)68-31-43(72-34(3)61)46(73-35(4)62)47-44(58-51(63)54(55,56)57)41(71-33(2)60)26-53(76-47,52(64)66-6)77-48-45(69-28-37-18-12-8-13-19-37)42(30-67-27-36-16-10-7-11-17-36)75-50(74-40-24-22-39(65-5)23-25-40)49(48)70-29-38-20-14-9-15-21-38/h7-25,41-50H,26-31H2,1-6H3,(H,58,63)/t41-,42+,43+,44+,45-,46+,47+,48-,49+,50+,53-/m0/s1. The van der Waals surface area contributed by atoms with Crippen LogP contribution in [0.4, 0.5) is 13.2 Å². The lowest BCUT2D eigenvalue weighted by molar-refractivity contribution is -0.373. The van der Waals surface area contributed by atoms with Crippen molar-refractivity contribution in [2.45, 2.75) is 127 Å². The molecule has 11 atom stereocenters. The van der Waals surface area contributed by atoms with Crippen LogP contribution in [0.25, 0.3) is 0 Å². The van der Waals surface area contributed by atoms with Crippen LogP contribution in [-0.2, 0) is 101 Å². The molecule has 1 amide bonds. The Morgan fingerprint density at radius 2 is 1.22 bits per heavy atom. The summed E-state index contributed by atoms with van der Waals surface area (Å²) in [6.45, 7) is 2.21. The van der Waals surface area contributed by atoms with Crippen molar-refractivity contribution in [2.24, 2.45) is 0 Å². The summed E-state index contributed by atoms with van der Waals surface area (Å²) < 4.78 is 122. The molecule has 4 aromatic carbocycles. The Bertz CT molecular complexity index is 2560. The number of nitrogens with one attached hydrogen (secondary N) is 1. The normalized spacial score (nSPS) is 24.0. The first kappa shape index (κ1) is 59.1. The fourth-order valence-electron chi connectivity index (χ4n) is 8.55. The van der Waals surface area contributed by atoms with Crippen molar-refractivity contribution in [3.05, 3.63) is 132 Å². The fourth-order valence-corrected chi connectivity index (χ4v) is 8.55. The van der Waals surface area contributed by atoms with Gasteiger partial charge in [-0.15, -0.1) is 0 Å². The molecule has 416 valence electrons. The molecule has 2 heterocycles. The summed E-state index contributed by atoms with van der Waals surface area (Å²) in [6, 6.07) is 31.0. The van der Waals surface area contributed by atoms with Crippen molar-refractivity contribution in [1.29, 1.82) is 0 Å².